The van der Waals surface area contributed by atoms with Crippen molar-refractivity contribution >= 4 is 5.95 Å². The zero-order valence-electron chi connectivity index (χ0n) is 16.4. The molecule has 0 aliphatic carbocycles. The molecule has 150 valence electrons. The lowest BCUT2D eigenvalue weighted by Gasteiger charge is -2.37. The van der Waals surface area contributed by atoms with Crippen LogP contribution in [-0.4, -0.2) is 47.1 Å². The Morgan fingerprint density at radius 1 is 1.21 bits per heavy atom. The summed E-state index contributed by atoms with van der Waals surface area (Å²) < 4.78 is 13.3. The number of benzene rings is 1. The molecule has 2 saturated heterocycles. The van der Waals surface area contributed by atoms with Crippen molar-refractivity contribution in [2.24, 2.45) is 5.92 Å². The second kappa shape index (κ2) is 8.94. The molecule has 0 amide bonds. The minimum atomic E-state index is -0.176. The van der Waals surface area contributed by atoms with Gasteiger partial charge in [0, 0.05) is 56.1 Å². The molecule has 1 aromatic carbocycles. The highest BCUT2D eigenvalue weighted by Gasteiger charge is 2.36. The van der Waals surface area contributed by atoms with Crippen molar-refractivity contribution in [3.63, 3.8) is 0 Å². The van der Waals surface area contributed by atoms with Gasteiger partial charge in [-0.2, -0.15) is 0 Å². The predicted octanol–water partition coefficient (Wildman–Crippen LogP) is 2.52. The van der Waals surface area contributed by atoms with Crippen LogP contribution < -0.4 is 16.2 Å². The maximum atomic E-state index is 13.3. The highest BCUT2D eigenvalue weighted by molar-refractivity contribution is 5.25. The summed E-state index contributed by atoms with van der Waals surface area (Å²) in [6.07, 6.45) is 6.25. The highest BCUT2D eigenvalue weighted by Crippen LogP contribution is 2.32. The highest BCUT2D eigenvalue weighted by atomic mass is 19.1. The number of nitrogens with zero attached hydrogens (tertiary/aromatic N) is 3. The maximum absolute atomic E-state index is 13.3. The molecule has 3 unspecified atom stereocenters. The summed E-state index contributed by atoms with van der Waals surface area (Å²) in [7, 11) is 0. The van der Waals surface area contributed by atoms with E-state index in [0.717, 1.165) is 38.3 Å². The van der Waals surface area contributed by atoms with E-state index in [4.69, 9.17) is 0 Å². The summed E-state index contributed by atoms with van der Waals surface area (Å²) in [6, 6.07) is 7.33. The third-order valence-electron chi connectivity index (χ3n) is 5.82. The molecule has 0 radical (unpaired) electrons. The van der Waals surface area contributed by atoms with Crippen LogP contribution in [-0.2, 0) is 6.54 Å². The van der Waals surface area contributed by atoms with Crippen molar-refractivity contribution in [1.29, 1.82) is 0 Å². The fourth-order valence-electron chi connectivity index (χ4n) is 4.47. The molecule has 3 atom stereocenters. The molecule has 6 nitrogen and oxygen atoms in total. The van der Waals surface area contributed by atoms with Crippen molar-refractivity contribution in [3.8, 4) is 0 Å². The van der Waals surface area contributed by atoms with E-state index >= 15 is 0 Å². The molecule has 2 aliphatic heterocycles. The van der Waals surface area contributed by atoms with Crippen LogP contribution in [0.5, 0.6) is 0 Å². The third-order valence-corrected chi connectivity index (χ3v) is 5.82. The normalized spacial score (nSPS) is 25.7. The molecule has 3 N–H and O–H groups in total. The number of rotatable bonds is 6. The Bertz CT molecular complexity index is 750. The largest absolute Gasteiger partial charge is 0.355 e. The van der Waals surface area contributed by atoms with Crippen LogP contribution in [0.4, 0.5) is 10.3 Å². The zero-order chi connectivity index (χ0) is 19.3. The van der Waals surface area contributed by atoms with E-state index in [1.165, 1.54) is 18.4 Å². The van der Waals surface area contributed by atoms with E-state index in [-0.39, 0.29) is 5.82 Å². The van der Waals surface area contributed by atoms with Gasteiger partial charge in [0.2, 0.25) is 5.95 Å². The molecule has 0 bridgehead atoms. The number of piperidine rings is 1. The summed E-state index contributed by atoms with van der Waals surface area (Å²) in [5, 5.41) is 3.13. The van der Waals surface area contributed by atoms with Gasteiger partial charge in [0.25, 0.3) is 0 Å². The monoisotopic (exact) mass is 384 g/mol. The number of likely N-dealkylation sites (tertiary alicyclic amines) is 1. The Morgan fingerprint density at radius 2 is 2.00 bits per heavy atom. The number of anilines is 1. The average Bonchev–Trinajstić information content (AvgIpc) is 3.20. The van der Waals surface area contributed by atoms with Crippen LogP contribution in [0, 0.1) is 11.7 Å². The van der Waals surface area contributed by atoms with E-state index in [2.05, 4.69) is 31.0 Å². The number of hydrazine groups is 1. The van der Waals surface area contributed by atoms with E-state index in [0.29, 0.717) is 23.8 Å². The summed E-state index contributed by atoms with van der Waals surface area (Å²) >= 11 is 0. The van der Waals surface area contributed by atoms with Gasteiger partial charge >= 0.3 is 0 Å². The van der Waals surface area contributed by atoms with Gasteiger partial charge in [-0.15, -0.1) is 0 Å². The van der Waals surface area contributed by atoms with Crippen LogP contribution in [0.15, 0.2) is 36.7 Å². The molecule has 0 spiro atoms. The number of hydrogen-bond acceptors (Lipinski definition) is 6. The summed E-state index contributed by atoms with van der Waals surface area (Å²) in [5.41, 5.74) is 9.17. The van der Waals surface area contributed by atoms with Gasteiger partial charge in [0.05, 0.1) is 0 Å². The molecular formula is C21H29FN6. The first-order valence-electron chi connectivity index (χ1n) is 10.2. The molecule has 3 heterocycles. The number of nitrogens with one attached hydrogen (secondary N) is 3. The summed E-state index contributed by atoms with van der Waals surface area (Å²) in [6.45, 7) is 6.77. The second-order valence-electron chi connectivity index (χ2n) is 7.79. The molecule has 28 heavy (non-hydrogen) atoms. The van der Waals surface area contributed by atoms with Gasteiger partial charge in [0.15, 0.2) is 0 Å². The van der Waals surface area contributed by atoms with E-state index in [9.17, 15) is 4.39 Å². The van der Waals surface area contributed by atoms with Crippen molar-refractivity contribution in [3.05, 3.63) is 53.6 Å². The van der Waals surface area contributed by atoms with Crippen LogP contribution in [0.1, 0.15) is 36.8 Å². The lowest BCUT2D eigenvalue weighted by atomic mass is 9.81. The topological polar surface area (TPSA) is 65.1 Å². The predicted molar refractivity (Wildman–Crippen MR) is 108 cm³/mol. The smallest absolute Gasteiger partial charge is 0.222 e. The minimum Gasteiger partial charge on any atom is -0.355 e. The average molecular weight is 385 g/mol. The van der Waals surface area contributed by atoms with Gasteiger partial charge in [-0.1, -0.05) is 12.1 Å². The van der Waals surface area contributed by atoms with Crippen LogP contribution in [0.25, 0.3) is 0 Å². The molecule has 1 aromatic heterocycles. The first-order valence-corrected chi connectivity index (χ1v) is 10.2. The summed E-state index contributed by atoms with van der Waals surface area (Å²) in [5.74, 6) is 1.44. The zero-order valence-corrected chi connectivity index (χ0v) is 16.4. The van der Waals surface area contributed by atoms with Crippen molar-refractivity contribution in [2.75, 3.05) is 31.5 Å². The number of hydrogen-bond donors (Lipinski definition) is 3. The van der Waals surface area contributed by atoms with Gasteiger partial charge in [-0.3, -0.25) is 15.8 Å². The van der Waals surface area contributed by atoms with Gasteiger partial charge in [-0.25, -0.2) is 14.4 Å². The third kappa shape index (κ3) is 4.48. The van der Waals surface area contributed by atoms with E-state index < -0.39 is 0 Å². The Hall–Kier alpha value is -2.09. The molecule has 2 aliphatic rings. The fraction of sp³-hybridized carbons (Fsp3) is 0.524. The van der Waals surface area contributed by atoms with Crippen LogP contribution in [0.3, 0.4) is 0 Å². The van der Waals surface area contributed by atoms with Gasteiger partial charge in [0.1, 0.15) is 5.82 Å². The molecule has 2 fully saturated rings. The first kappa shape index (κ1) is 19.2. The lowest BCUT2D eigenvalue weighted by molar-refractivity contribution is 0.139. The van der Waals surface area contributed by atoms with E-state index in [1.54, 1.807) is 12.1 Å². The second-order valence-corrected chi connectivity index (χ2v) is 7.79. The van der Waals surface area contributed by atoms with Crippen LogP contribution >= 0.6 is 0 Å². The quantitative estimate of drug-likeness (QED) is 0.711. The minimum absolute atomic E-state index is 0.176. The first-order chi connectivity index (χ1) is 13.7. The van der Waals surface area contributed by atoms with Crippen molar-refractivity contribution < 1.29 is 4.39 Å². The lowest BCUT2D eigenvalue weighted by Crippen LogP contribution is -2.46. The van der Waals surface area contributed by atoms with E-state index in [1.807, 2.05) is 31.5 Å². The molecule has 7 heteroatoms. The van der Waals surface area contributed by atoms with Gasteiger partial charge < -0.3 is 5.32 Å². The molecule has 2 aromatic rings. The maximum Gasteiger partial charge on any atom is 0.222 e. The Kier molecular flexibility index (Phi) is 6.14. The van der Waals surface area contributed by atoms with Crippen molar-refractivity contribution in [2.45, 2.75) is 38.3 Å². The fourth-order valence-corrected chi connectivity index (χ4v) is 4.47. The summed E-state index contributed by atoms with van der Waals surface area (Å²) in [4.78, 5) is 11.3. The Labute approximate surface area is 165 Å². The number of aromatic nitrogens is 2. The Morgan fingerprint density at radius 3 is 2.75 bits per heavy atom. The number of halogens is 1. The molecular weight excluding hydrogens is 355 g/mol. The van der Waals surface area contributed by atoms with Crippen LogP contribution in [0.2, 0.25) is 0 Å². The SMILES string of the molecule is CCNc1ncc(CN2CCCC(C3NNCC3c3ccc(F)cc3)C2)cn1. The van der Waals surface area contributed by atoms with Gasteiger partial charge in [-0.05, 0) is 49.9 Å². The Balaban J connectivity index is 1.39. The molecule has 4 rings (SSSR count). The molecule has 0 saturated carbocycles. The standard InChI is InChI=1S/C21H29FN6/c1-2-23-21-24-10-15(11-25-21)13-28-9-3-4-17(14-28)20-19(12-26-27-20)16-5-7-18(22)8-6-16/h5-8,10-11,17,19-20,26-27H,2-4,9,12-14H2,1H3,(H,23,24,25). The van der Waals surface area contributed by atoms with Crippen molar-refractivity contribution in [1.82, 2.24) is 25.7 Å².